The van der Waals surface area contributed by atoms with Crippen molar-refractivity contribution in [3.63, 3.8) is 0 Å². The van der Waals surface area contributed by atoms with Crippen molar-refractivity contribution in [1.82, 2.24) is 14.9 Å². The summed E-state index contributed by atoms with van der Waals surface area (Å²) in [7, 11) is 0. The highest BCUT2D eigenvalue weighted by Crippen LogP contribution is 2.14. The quantitative estimate of drug-likeness (QED) is 0.814. The van der Waals surface area contributed by atoms with Crippen molar-refractivity contribution in [1.29, 1.82) is 0 Å². The lowest BCUT2D eigenvalue weighted by Gasteiger charge is -2.18. The van der Waals surface area contributed by atoms with Crippen molar-refractivity contribution < 1.29 is 14.7 Å². The number of nitrogens with one attached hydrogen (secondary N) is 1. The maximum absolute atomic E-state index is 12.4. The number of fused-ring (bicyclic) bond motifs is 1. The van der Waals surface area contributed by atoms with E-state index in [1.54, 1.807) is 32.0 Å². The van der Waals surface area contributed by atoms with Gasteiger partial charge >= 0.3 is 5.97 Å². The highest BCUT2D eigenvalue weighted by Gasteiger charge is 2.23. The molecule has 1 amide bonds. The predicted molar refractivity (Wildman–Crippen MR) is 88.1 cm³/mol. The molecule has 8 heteroatoms. The Morgan fingerprint density at radius 3 is 2.70 bits per heavy atom. The molecule has 0 saturated heterocycles. The summed E-state index contributed by atoms with van der Waals surface area (Å²) in [4.78, 5) is 39.6. The number of carboxylic acid groups (broad SMARTS) is 1. The van der Waals surface area contributed by atoms with Crippen LogP contribution >= 0.6 is 15.9 Å². The second-order valence-corrected chi connectivity index (χ2v) is 6.38. The first-order valence-corrected chi connectivity index (χ1v) is 7.75. The van der Waals surface area contributed by atoms with Crippen LogP contribution in [0.1, 0.15) is 13.8 Å². The Balaban J connectivity index is 2.25. The third-order valence-electron chi connectivity index (χ3n) is 3.35. The molecule has 0 saturated carbocycles. The van der Waals surface area contributed by atoms with Crippen molar-refractivity contribution >= 4 is 38.7 Å². The van der Waals surface area contributed by atoms with Crippen LogP contribution in [0, 0.1) is 5.92 Å². The van der Waals surface area contributed by atoms with Gasteiger partial charge in [0.1, 0.15) is 12.6 Å². The zero-order valence-corrected chi connectivity index (χ0v) is 14.2. The number of halogens is 1. The molecule has 2 rings (SSSR count). The van der Waals surface area contributed by atoms with E-state index >= 15 is 0 Å². The minimum absolute atomic E-state index is 0.265. The zero-order valence-electron chi connectivity index (χ0n) is 12.6. The molecule has 0 spiro atoms. The first-order valence-electron chi connectivity index (χ1n) is 6.96. The van der Waals surface area contributed by atoms with Gasteiger partial charge in [-0.15, -0.1) is 0 Å². The molecule has 0 aliphatic carbocycles. The van der Waals surface area contributed by atoms with E-state index in [2.05, 4.69) is 26.2 Å². The summed E-state index contributed by atoms with van der Waals surface area (Å²) >= 11 is 3.29. The molecule has 122 valence electrons. The molecule has 1 atom stereocenters. The third-order valence-corrected chi connectivity index (χ3v) is 3.84. The molecule has 1 heterocycles. The summed E-state index contributed by atoms with van der Waals surface area (Å²) in [5, 5.41) is 11.9. The van der Waals surface area contributed by atoms with Gasteiger partial charge in [-0.3, -0.25) is 14.2 Å². The van der Waals surface area contributed by atoms with E-state index in [0.717, 1.165) is 9.04 Å². The van der Waals surface area contributed by atoms with Crippen molar-refractivity contribution in [2.75, 3.05) is 0 Å². The van der Waals surface area contributed by atoms with Gasteiger partial charge in [-0.1, -0.05) is 29.8 Å². The predicted octanol–water partition coefficient (Wildman–Crippen LogP) is 1.38. The molecular weight excluding hydrogens is 366 g/mol. The average molecular weight is 382 g/mol. The maximum atomic E-state index is 12.4. The molecule has 2 aromatic rings. The standard InChI is InChI=1S/C15H16BrN3O4/c1-8(2)13(15(22)23)18-12(20)6-19-7-17-11-4-3-9(16)5-10(11)14(19)21/h3-5,7-8,13H,6H2,1-2H3,(H,18,20)(H,22,23)/t13-/m0/s1. The van der Waals surface area contributed by atoms with Crippen LogP contribution in [-0.2, 0) is 16.1 Å². The lowest BCUT2D eigenvalue weighted by molar-refractivity contribution is -0.143. The molecule has 0 unspecified atom stereocenters. The van der Waals surface area contributed by atoms with Crippen LogP contribution in [0.3, 0.4) is 0 Å². The first-order chi connectivity index (χ1) is 10.8. The van der Waals surface area contributed by atoms with Gasteiger partial charge in [0.2, 0.25) is 5.91 Å². The Kier molecular flexibility index (Phi) is 5.15. The van der Waals surface area contributed by atoms with Crippen LogP contribution in [0.15, 0.2) is 33.8 Å². The number of nitrogens with zero attached hydrogens (tertiary/aromatic N) is 2. The number of aliphatic carboxylic acids is 1. The van der Waals surface area contributed by atoms with E-state index < -0.39 is 17.9 Å². The van der Waals surface area contributed by atoms with Gasteiger partial charge in [0.15, 0.2) is 0 Å². The lowest BCUT2D eigenvalue weighted by atomic mass is 10.1. The lowest BCUT2D eigenvalue weighted by Crippen LogP contribution is -2.46. The number of carbonyl (C=O) groups is 2. The van der Waals surface area contributed by atoms with Crippen LogP contribution in [0.2, 0.25) is 0 Å². The molecule has 7 nitrogen and oxygen atoms in total. The molecule has 0 bridgehead atoms. The van der Waals surface area contributed by atoms with E-state index in [-0.39, 0.29) is 18.0 Å². The Bertz CT molecular complexity index is 816. The SMILES string of the molecule is CC(C)[C@H](NC(=O)Cn1cnc2ccc(Br)cc2c1=O)C(=O)O. The Labute approximate surface area is 140 Å². The number of amides is 1. The van der Waals surface area contributed by atoms with Gasteiger partial charge in [0.05, 0.1) is 17.2 Å². The number of carboxylic acids is 1. The number of hydrogen-bond acceptors (Lipinski definition) is 4. The Hall–Kier alpha value is -2.22. The summed E-state index contributed by atoms with van der Waals surface area (Å²) < 4.78 is 1.89. The number of carbonyl (C=O) groups excluding carboxylic acids is 1. The second-order valence-electron chi connectivity index (χ2n) is 5.47. The van der Waals surface area contributed by atoms with Crippen LogP contribution in [0.5, 0.6) is 0 Å². The molecule has 23 heavy (non-hydrogen) atoms. The second kappa shape index (κ2) is 6.91. The summed E-state index contributed by atoms with van der Waals surface area (Å²) in [5.41, 5.74) is 0.170. The number of benzene rings is 1. The van der Waals surface area contributed by atoms with Crippen molar-refractivity contribution in [2.45, 2.75) is 26.4 Å². The van der Waals surface area contributed by atoms with E-state index in [9.17, 15) is 14.4 Å². The topological polar surface area (TPSA) is 101 Å². The minimum atomic E-state index is -1.11. The monoisotopic (exact) mass is 381 g/mol. The third kappa shape index (κ3) is 3.95. The molecule has 1 aromatic carbocycles. The summed E-state index contributed by atoms with van der Waals surface area (Å²) in [6.45, 7) is 3.10. The van der Waals surface area contributed by atoms with Gasteiger partial charge in [-0.2, -0.15) is 0 Å². The Morgan fingerprint density at radius 1 is 1.39 bits per heavy atom. The van der Waals surface area contributed by atoms with Gasteiger partial charge < -0.3 is 10.4 Å². The molecule has 0 aliphatic heterocycles. The highest BCUT2D eigenvalue weighted by atomic mass is 79.9. The Morgan fingerprint density at radius 2 is 2.09 bits per heavy atom. The molecule has 0 aliphatic rings. The molecular formula is C15H16BrN3O4. The first kappa shape index (κ1) is 17.1. The van der Waals surface area contributed by atoms with Crippen LogP contribution in [0.4, 0.5) is 0 Å². The highest BCUT2D eigenvalue weighted by molar-refractivity contribution is 9.10. The fourth-order valence-electron chi connectivity index (χ4n) is 2.13. The van der Waals surface area contributed by atoms with E-state index in [1.807, 2.05) is 0 Å². The summed E-state index contributed by atoms with van der Waals surface area (Å²) in [6, 6.07) is 4.10. The molecule has 1 aromatic heterocycles. The number of aromatic nitrogens is 2. The fraction of sp³-hybridized carbons (Fsp3) is 0.333. The maximum Gasteiger partial charge on any atom is 0.326 e. The van der Waals surface area contributed by atoms with Crippen molar-refractivity contribution in [3.05, 3.63) is 39.4 Å². The van der Waals surface area contributed by atoms with E-state index in [0.29, 0.717) is 10.9 Å². The summed E-state index contributed by atoms with van der Waals surface area (Å²) in [5.74, 6) is -1.93. The van der Waals surface area contributed by atoms with Crippen LogP contribution in [-0.4, -0.2) is 32.6 Å². The minimum Gasteiger partial charge on any atom is -0.480 e. The molecule has 2 N–H and O–H groups in total. The fourth-order valence-corrected chi connectivity index (χ4v) is 2.49. The van der Waals surface area contributed by atoms with E-state index in [4.69, 9.17) is 5.11 Å². The largest absolute Gasteiger partial charge is 0.480 e. The van der Waals surface area contributed by atoms with Crippen LogP contribution < -0.4 is 10.9 Å². The van der Waals surface area contributed by atoms with Crippen molar-refractivity contribution in [3.8, 4) is 0 Å². The van der Waals surface area contributed by atoms with Crippen LogP contribution in [0.25, 0.3) is 10.9 Å². The molecule has 0 radical (unpaired) electrons. The van der Waals surface area contributed by atoms with Gasteiger partial charge in [-0.25, -0.2) is 9.78 Å². The van der Waals surface area contributed by atoms with Gasteiger partial charge in [0.25, 0.3) is 5.56 Å². The smallest absolute Gasteiger partial charge is 0.326 e. The van der Waals surface area contributed by atoms with Gasteiger partial charge in [0, 0.05) is 4.47 Å². The summed E-state index contributed by atoms with van der Waals surface area (Å²) in [6.07, 6.45) is 1.28. The zero-order chi connectivity index (χ0) is 17.1. The van der Waals surface area contributed by atoms with Crippen molar-refractivity contribution in [2.24, 2.45) is 5.92 Å². The number of hydrogen-bond donors (Lipinski definition) is 2. The van der Waals surface area contributed by atoms with Gasteiger partial charge in [-0.05, 0) is 24.1 Å². The average Bonchev–Trinajstić information content (AvgIpc) is 2.47. The number of rotatable bonds is 5. The molecule has 0 fully saturated rings. The van der Waals surface area contributed by atoms with E-state index in [1.165, 1.54) is 6.33 Å². The normalized spacial score (nSPS) is 12.3.